The Morgan fingerprint density at radius 1 is 0.206 bits per heavy atom. The molecule has 498 valence electrons. The minimum absolute atomic E-state index is 0.444. The fourth-order valence-corrected chi connectivity index (χ4v) is 21.0. The standard InChI is InChI=1S/C99H59N5S3/c1-3-19-64(20-4-1)96-101-86(62-38-34-60(35-39-62)66-45-50-92-83(54-66)98(80-29-13-15-32-90(80)105-92)77-26-10-7-23-71(77)72-24-8-11-27-78(72)98)58-88(103-96)70-44-49-76-75-48-43-69(56-94(75)107-95(76)57-70)68-42-47-74-73-25-9-12-28-79(73)99(82(74)53-68)81-30-14-16-33-91(81)106-93-51-46-67(55-84(93)99)61-36-40-63(41-37-61)87-59-89(85-31-17-18-52-100-85)104-97(102-87)65-21-5-2-6-22-65/h1-59H. The van der Waals surface area contributed by atoms with Crippen molar-refractivity contribution >= 4 is 55.0 Å². The Morgan fingerprint density at radius 2 is 0.561 bits per heavy atom. The zero-order valence-electron chi connectivity index (χ0n) is 57.5. The predicted molar refractivity (Wildman–Crippen MR) is 440 cm³/mol. The fraction of sp³-hybridized carbons (Fsp3) is 0.0202. The summed E-state index contributed by atoms with van der Waals surface area (Å²) in [6.07, 6.45) is 1.81. The smallest absolute Gasteiger partial charge is 0.160 e. The first-order chi connectivity index (χ1) is 53.0. The average Bonchev–Trinajstić information content (AvgIpc) is 1.55. The zero-order chi connectivity index (χ0) is 70.3. The fourth-order valence-electron chi connectivity index (χ4n) is 17.5. The van der Waals surface area contributed by atoms with E-state index >= 15 is 0 Å². The average molecular weight is 1410 g/mol. The van der Waals surface area contributed by atoms with Crippen LogP contribution in [0.3, 0.4) is 0 Å². The van der Waals surface area contributed by atoms with Gasteiger partial charge in [0.2, 0.25) is 0 Å². The maximum absolute atomic E-state index is 5.35. The highest BCUT2D eigenvalue weighted by Crippen LogP contribution is 2.65. The molecular weight excluding hydrogens is 1360 g/mol. The molecule has 2 spiro atoms. The highest BCUT2D eigenvalue weighted by Gasteiger charge is 2.52. The minimum Gasteiger partial charge on any atom is -0.255 e. The predicted octanol–water partition coefficient (Wildman–Crippen LogP) is 25.7. The van der Waals surface area contributed by atoms with Crippen LogP contribution in [-0.2, 0) is 10.8 Å². The number of thiophene rings is 1. The molecule has 6 heterocycles. The molecule has 22 rings (SSSR count). The van der Waals surface area contributed by atoms with Crippen LogP contribution in [0.2, 0.25) is 0 Å². The molecule has 0 saturated heterocycles. The van der Waals surface area contributed by atoms with E-state index in [0.29, 0.717) is 11.6 Å². The van der Waals surface area contributed by atoms with Crippen molar-refractivity contribution in [2.24, 2.45) is 0 Å². The molecule has 0 N–H and O–H groups in total. The molecule has 4 aromatic heterocycles. The first kappa shape index (κ1) is 61.8. The SMILES string of the molecule is c1ccc(-c2nc(-c3ccc(-c4ccc5c(c4)C4(c6ccccc6S5)c5ccccc5-c5ccccc54)cc3)cc(-c3ccc4c(c3)sc3cc(-c5ccc6c(c5)C5(c7ccccc7Sc7ccc(-c8ccc(-c9cc(-c%10ccccn%10)nc(-c%10ccccc%10)n9)cc8)cc75)c5ccccc5-6)ccc34)n2)cc1. The topological polar surface area (TPSA) is 64.5 Å². The van der Waals surface area contributed by atoms with Crippen molar-refractivity contribution in [1.29, 1.82) is 0 Å². The summed E-state index contributed by atoms with van der Waals surface area (Å²) >= 11 is 5.60. The Balaban J connectivity index is 0.605. The van der Waals surface area contributed by atoms with Crippen LogP contribution in [0.25, 0.3) is 144 Å². The van der Waals surface area contributed by atoms with Crippen LogP contribution in [0.15, 0.2) is 378 Å². The van der Waals surface area contributed by atoms with Gasteiger partial charge < -0.3 is 0 Å². The van der Waals surface area contributed by atoms with E-state index in [-0.39, 0.29) is 0 Å². The van der Waals surface area contributed by atoms with Crippen LogP contribution in [0.5, 0.6) is 0 Å². The van der Waals surface area contributed by atoms with Gasteiger partial charge in [-0.2, -0.15) is 0 Å². The van der Waals surface area contributed by atoms with E-state index in [1.807, 2.05) is 83.5 Å². The van der Waals surface area contributed by atoms with Gasteiger partial charge in [0.25, 0.3) is 0 Å². The van der Waals surface area contributed by atoms with Crippen molar-refractivity contribution < 1.29 is 0 Å². The Labute approximate surface area is 631 Å². The number of benzene rings is 14. The summed E-state index contributed by atoms with van der Waals surface area (Å²) < 4.78 is 2.45. The molecule has 14 aromatic carbocycles. The Kier molecular flexibility index (Phi) is 14.1. The van der Waals surface area contributed by atoms with Gasteiger partial charge in [-0.3, -0.25) is 4.98 Å². The molecule has 8 heteroatoms. The van der Waals surface area contributed by atoms with Crippen LogP contribution >= 0.6 is 34.9 Å². The number of fused-ring (bicyclic) bond motifs is 21. The summed E-state index contributed by atoms with van der Waals surface area (Å²) in [5.41, 5.74) is 30.8. The van der Waals surface area contributed by atoms with Gasteiger partial charge >= 0.3 is 0 Å². The van der Waals surface area contributed by atoms with Gasteiger partial charge in [0.15, 0.2) is 11.6 Å². The van der Waals surface area contributed by atoms with Crippen molar-refractivity contribution in [3.63, 3.8) is 0 Å². The van der Waals surface area contributed by atoms with Crippen LogP contribution < -0.4 is 0 Å². The summed E-state index contributed by atoms with van der Waals surface area (Å²) in [7, 11) is 0. The summed E-state index contributed by atoms with van der Waals surface area (Å²) in [6, 6.07) is 129. The lowest BCUT2D eigenvalue weighted by Gasteiger charge is -2.40. The van der Waals surface area contributed by atoms with E-state index in [1.165, 1.54) is 123 Å². The van der Waals surface area contributed by atoms with Crippen molar-refractivity contribution in [3.8, 4) is 124 Å². The largest absolute Gasteiger partial charge is 0.255 e. The second kappa shape index (κ2) is 24.5. The Hall–Kier alpha value is -12.7. The van der Waals surface area contributed by atoms with Gasteiger partial charge in [-0.1, -0.05) is 297 Å². The molecule has 1 unspecified atom stereocenters. The highest BCUT2D eigenvalue weighted by atomic mass is 32.2. The molecule has 2 aliphatic heterocycles. The van der Waals surface area contributed by atoms with E-state index in [0.717, 1.165) is 73.0 Å². The molecule has 0 bridgehead atoms. The van der Waals surface area contributed by atoms with Crippen LogP contribution in [0, 0.1) is 0 Å². The van der Waals surface area contributed by atoms with E-state index in [4.69, 9.17) is 19.9 Å². The number of hydrogen-bond donors (Lipinski definition) is 0. The molecule has 5 nitrogen and oxygen atoms in total. The summed E-state index contributed by atoms with van der Waals surface area (Å²) in [5.74, 6) is 1.36. The van der Waals surface area contributed by atoms with Crippen molar-refractivity contribution in [2.45, 2.75) is 30.4 Å². The molecule has 1 atom stereocenters. The zero-order valence-corrected chi connectivity index (χ0v) is 60.0. The lowest BCUT2D eigenvalue weighted by molar-refractivity contribution is 0.723. The van der Waals surface area contributed by atoms with Crippen molar-refractivity contribution in [3.05, 3.63) is 403 Å². The number of rotatable bonds is 9. The number of nitrogens with zero attached hydrogens (tertiary/aromatic N) is 5. The van der Waals surface area contributed by atoms with Crippen LogP contribution in [0.1, 0.15) is 44.5 Å². The molecule has 0 fully saturated rings. The summed E-state index contributed by atoms with van der Waals surface area (Å²) in [5, 5.41) is 2.47. The van der Waals surface area contributed by atoms with Gasteiger partial charge in [0.05, 0.1) is 39.3 Å². The van der Waals surface area contributed by atoms with Gasteiger partial charge in [0, 0.05) is 73.8 Å². The quantitative estimate of drug-likeness (QED) is 0.143. The number of hydrogen-bond acceptors (Lipinski definition) is 8. The molecule has 0 radical (unpaired) electrons. The van der Waals surface area contributed by atoms with Crippen molar-refractivity contribution in [2.75, 3.05) is 0 Å². The number of aromatic nitrogens is 5. The maximum Gasteiger partial charge on any atom is 0.160 e. The third kappa shape index (κ3) is 9.69. The highest BCUT2D eigenvalue weighted by molar-refractivity contribution is 7.99. The van der Waals surface area contributed by atoms with E-state index in [2.05, 4.69) is 314 Å². The van der Waals surface area contributed by atoms with Gasteiger partial charge in [0.1, 0.15) is 0 Å². The van der Waals surface area contributed by atoms with Crippen molar-refractivity contribution in [1.82, 2.24) is 24.9 Å². The molecule has 4 aliphatic rings. The van der Waals surface area contributed by atoms with E-state index < -0.39 is 10.8 Å². The van der Waals surface area contributed by atoms with Crippen LogP contribution in [0.4, 0.5) is 0 Å². The molecule has 107 heavy (non-hydrogen) atoms. The van der Waals surface area contributed by atoms with Gasteiger partial charge in [-0.15, -0.1) is 11.3 Å². The van der Waals surface area contributed by atoms with Gasteiger partial charge in [-0.05, 0) is 179 Å². The number of pyridine rings is 1. The minimum atomic E-state index is -0.591. The lowest BCUT2D eigenvalue weighted by atomic mass is 9.66. The first-order valence-corrected chi connectivity index (χ1v) is 38.7. The second-order valence-electron chi connectivity index (χ2n) is 28.1. The lowest BCUT2D eigenvalue weighted by Crippen LogP contribution is -2.32. The molecule has 18 aromatic rings. The maximum atomic E-state index is 5.35. The Morgan fingerprint density at radius 3 is 1.08 bits per heavy atom. The normalized spacial score (nSPS) is 14.4. The Bertz CT molecular complexity index is 6590. The second-order valence-corrected chi connectivity index (χ2v) is 31.3. The monoisotopic (exact) mass is 1410 g/mol. The summed E-state index contributed by atoms with van der Waals surface area (Å²) in [4.78, 5) is 30.6. The van der Waals surface area contributed by atoms with E-state index in [9.17, 15) is 0 Å². The molecule has 0 amide bonds. The third-order valence-corrected chi connectivity index (χ3v) is 25.8. The summed E-state index contributed by atoms with van der Waals surface area (Å²) in [6.45, 7) is 0. The first-order valence-electron chi connectivity index (χ1n) is 36.2. The van der Waals surface area contributed by atoms with E-state index in [1.54, 1.807) is 0 Å². The van der Waals surface area contributed by atoms with Gasteiger partial charge in [-0.25, -0.2) is 19.9 Å². The molecule has 0 saturated carbocycles. The third-order valence-electron chi connectivity index (χ3n) is 22.4. The molecule has 2 aliphatic carbocycles. The molecular formula is C99H59N5S3. The van der Waals surface area contributed by atoms with Crippen LogP contribution in [-0.4, -0.2) is 24.9 Å².